The number of H-pyrrole nitrogens is 1. The van der Waals surface area contributed by atoms with Gasteiger partial charge in [0.05, 0.1) is 6.20 Å². The average Bonchev–Trinajstić information content (AvgIpc) is 3.11. The van der Waals surface area contributed by atoms with Gasteiger partial charge in [-0.25, -0.2) is 9.78 Å². The van der Waals surface area contributed by atoms with Gasteiger partial charge >= 0.3 is 5.76 Å². The number of pyridine rings is 1. The molecule has 0 saturated carbocycles. The van der Waals surface area contributed by atoms with Crippen LogP contribution in [0.4, 0.5) is 0 Å². The topological polar surface area (TPSA) is 84.3 Å². The fraction of sp³-hybridized carbons (Fsp3) is 0.316. The molecule has 0 atom stereocenters. The molecule has 0 amide bonds. The van der Waals surface area contributed by atoms with Crippen LogP contribution in [0.15, 0.2) is 58.0 Å². The van der Waals surface area contributed by atoms with E-state index >= 15 is 0 Å². The second kappa shape index (κ2) is 8.83. The second-order valence-corrected chi connectivity index (χ2v) is 6.40. The summed E-state index contributed by atoms with van der Waals surface area (Å²) in [6.45, 7) is 3.02. The highest BCUT2D eigenvalue weighted by Gasteiger charge is 2.20. The standard InChI is InChI=1S/C19H20N4O3.ClH/c24-19-21-18(22-26-19)17-7-6-16(12-20-17)25-15-8-10-23(11-9-15)13-14-4-2-1-3-5-14;/h1-7,12,15H,8-11,13H2,(H,21,22,24);1H. The quantitative estimate of drug-likeness (QED) is 0.723. The monoisotopic (exact) mass is 388 g/mol. The van der Waals surface area contributed by atoms with E-state index in [4.69, 9.17) is 4.74 Å². The number of likely N-dealkylation sites (tertiary alicyclic amines) is 1. The molecule has 7 nitrogen and oxygen atoms in total. The lowest BCUT2D eigenvalue weighted by molar-refractivity contribution is 0.0965. The third-order valence-corrected chi connectivity index (χ3v) is 4.51. The van der Waals surface area contributed by atoms with Gasteiger partial charge in [-0.3, -0.25) is 14.4 Å². The summed E-state index contributed by atoms with van der Waals surface area (Å²) in [5.41, 5.74) is 1.89. The highest BCUT2D eigenvalue weighted by atomic mass is 35.5. The van der Waals surface area contributed by atoms with Crippen molar-refractivity contribution in [2.75, 3.05) is 13.1 Å². The maximum atomic E-state index is 11.0. The fourth-order valence-corrected chi connectivity index (χ4v) is 3.15. The third kappa shape index (κ3) is 4.96. The molecule has 1 aliphatic heterocycles. The van der Waals surface area contributed by atoms with Crippen LogP contribution in [0, 0.1) is 0 Å². The van der Waals surface area contributed by atoms with Crippen LogP contribution in [0.3, 0.4) is 0 Å². The summed E-state index contributed by atoms with van der Waals surface area (Å²) in [5.74, 6) is 0.446. The Morgan fingerprint density at radius 3 is 2.56 bits per heavy atom. The summed E-state index contributed by atoms with van der Waals surface area (Å²) in [6.07, 6.45) is 3.83. The van der Waals surface area contributed by atoms with Crippen molar-refractivity contribution in [2.45, 2.75) is 25.5 Å². The first-order valence-corrected chi connectivity index (χ1v) is 8.71. The number of hydrogen-bond acceptors (Lipinski definition) is 6. The Labute approximate surface area is 162 Å². The number of aromatic nitrogens is 3. The number of rotatable bonds is 5. The fourth-order valence-electron chi connectivity index (χ4n) is 3.15. The summed E-state index contributed by atoms with van der Waals surface area (Å²) in [7, 11) is 0. The first-order valence-electron chi connectivity index (χ1n) is 8.71. The Morgan fingerprint density at radius 1 is 1.15 bits per heavy atom. The molecule has 1 fully saturated rings. The zero-order chi connectivity index (χ0) is 17.8. The Balaban J connectivity index is 0.00000210. The summed E-state index contributed by atoms with van der Waals surface area (Å²) in [4.78, 5) is 20.2. The molecule has 0 aliphatic carbocycles. The van der Waals surface area contributed by atoms with Crippen LogP contribution in [0.1, 0.15) is 18.4 Å². The molecule has 142 valence electrons. The number of halogens is 1. The van der Waals surface area contributed by atoms with Crippen molar-refractivity contribution in [3.63, 3.8) is 0 Å². The normalized spacial score (nSPS) is 15.3. The van der Waals surface area contributed by atoms with Gasteiger partial charge in [-0.1, -0.05) is 35.5 Å². The van der Waals surface area contributed by atoms with E-state index in [2.05, 4.69) is 48.8 Å². The third-order valence-electron chi connectivity index (χ3n) is 4.51. The zero-order valence-corrected chi connectivity index (χ0v) is 15.5. The van der Waals surface area contributed by atoms with Crippen molar-refractivity contribution >= 4 is 12.4 Å². The number of hydrogen-bond donors (Lipinski definition) is 1. The van der Waals surface area contributed by atoms with Crippen molar-refractivity contribution in [3.8, 4) is 17.3 Å². The Bertz CT molecular complexity index is 887. The van der Waals surface area contributed by atoms with Crippen molar-refractivity contribution < 1.29 is 9.26 Å². The van der Waals surface area contributed by atoms with E-state index in [9.17, 15) is 4.79 Å². The number of piperidine rings is 1. The van der Waals surface area contributed by atoms with E-state index in [-0.39, 0.29) is 18.5 Å². The van der Waals surface area contributed by atoms with Crippen LogP contribution in [-0.2, 0) is 6.54 Å². The van der Waals surface area contributed by atoms with Crippen LogP contribution >= 0.6 is 12.4 Å². The maximum Gasteiger partial charge on any atom is 0.439 e. The molecular formula is C19H21ClN4O3. The van der Waals surface area contributed by atoms with Gasteiger partial charge in [0.1, 0.15) is 17.5 Å². The average molecular weight is 389 g/mol. The molecule has 1 N–H and O–H groups in total. The van der Waals surface area contributed by atoms with E-state index in [0.29, 0.717) is 11.5 Å². The SMILES string of the molecule is Cl.O=c1[nH]c(-c2ccc(OC3CCN(Cc4ccccc4)CC3)cn2)no1. The summed E-state index contributed by atoms with van der Waals surface area (Å²) >= 11 is 0. The Kier molecular flexibility index (Phi) is 6.26. The van der Waals surface area contributed by atoms with E-state index in [1.165, 1.54) is 5.56 Å². The highest BCUT2D eigenvalue weighted by Crippen LogP contribution is 2.21. The maximum absolute atomic E-state index is 11.0. The first-order chi connectivity index (χ1) is 12.8. The van der Waals surface area contributed by atoms with Gasteiger partial charge in [0.25, 0.3) is 0 Å². The molecule has 1 aromatic carbocycles. The minimum Gasteiger partial charge on any atom is -0.489 e. The molecule has 27 heavy (non-hydrogen) atoms. The number of benzene rings is 1. The van der Waals surface area contributed by atoms with Gasteiger partial charge in [-0.2, -0.15) is 0 Å². The minimum atomic E-state index is -0.593. The van der Waals surface area contributed by atoms with E-state index in [0.717, 1.165) is 38.2 Å². The molecule has 3 heterocycles. The van der Waals surface area contributed by atoms with Crippen molar-refractivity contribution in [2.24, 2.45) is 0 Å². The van der Waals surface area contributed by atoms with Gasteiger partial charge in [-0.05, 0) is 30.5 Å². The van der Waals surface area contributed by atoms with Gasteiger partial charge in [0, 0.05) is 19.6 Å². The van der Waals surface area contributed by atoms with Gasteiger partial charge in [0.2, 0.25) is 5.82 Å². The summed E-state index contributed by atoms with van der Waals surface area (Å²) < 4.78 is 10.5. The smallest absolute Gasteiger partial charge is 0.439 e. The van der Waals surface area contributed by atoms with Gasteiger partial charge in [-0.15, -0.1) is 12.4 Å². The van der Waals surface area contributed by atoms with Crippen molar-refractivity contribution in [1.82, 2.24) is 20.0 Å². The highest BCUT2D eigenvalue weighted by molar-refractivity contribution is 5.85. The predicted molar refractivity (Wildman–Crippen MR) is 103 cm³/mol. The summed E-state index contributed by atoms with van der Waals surface area (Å²) in [5, 5.41) is 3.62. The lowest BCUT2D eigenvalue weighted by atomic mass is 10.1. The molecule has 3 aromatic rings. The molecule has 0 unspecified atom stereocenters. The predicted octanol–water partition coefficient (Wildman–Crippen LogP) is 2.89. The number of nitrogens with one attached hydrogen (secondary N) is 1. The van der Waals surface area contributed by atoms with Crippen LogP contribution < -0.4 is 10.5 Å². The summed E-state index contributed by atoms with van der Waals surface area (Å²) in [6, 6.07) is 14.1. The molecule has 4 rings (SSSR count). The van der Waals surface area contributed by atoms with Crippen molar-refractivity contribution in [1.29, 1.82) is 0 Å². The molecule has 8 heteroatoms. The molecule has 1 saturated heterocycles. The van der Waals surface area contributed by atoms with Crippen LogP contribution in [0.5, 0.6) is 5.75 Å². The lowest BCUT2D eigenvalue weighted by Gasteiger charge is -2.32. The Hall–Kier alpha value is -2.64. The largest absolute Gasteiger partial charge is 0.489 e. The first kappa shape index (κ1) is 19.1. The minimum absolute atomic E-state index is 0. The second-order valence-electron chi connectivity index (χ2n) is 6.40. The van der Waals surface area contributed by atoms with Gasteiger partial charge < -0.3 is 4.74 Å². The lowest BCUT2D eigenvalue weighted by Crippen LogP contribution is -2.37. The Morgan fingerprint density at radius 2 is 1.93 bits per heavy atom. The van der Waals surface area contributed by atoms with Crippen LogP contribution in [0.2, 0.25) is 0 Å². The van der Waals surface area contributed by atoms with Crippen molar-refractivity contribution in [3.05, 3.63) is 64.8 Å². The zero-order valence-electron chi connectivity index (χ0n) is 14.7. The molecular weight excluding hydrogens is 368 g/mol. The molecule has 1 aliphatic rings. The van der Waals surface area contributed by atoms with Gasteiger partial charge in [0.15, 0.2) is 0 Å². The number of ether oxygens (including phenoxy) is 1. The molecule has 0 radical (unpaired) electrons. The number of aromatic amines is 1. The molecule has 2 aromatic heterocycles. The van der Waals surface area contributed by atoms with E-state index in [1.807, 2.05) is 12.1 Å². The molecule has 0 bridgehead atoms. The van der Waals surface area contributed by atoms with E-state index < -0.39 is 5.76 Å². The van der Waals surface area contributed by atoms with Crippen LogP contribution in [0.25, 0.3) is 11.5 Å². The van der Waals surface area contributed by atoms with E-state index in [1.54, 1.807) is 12.3 Å². The van der Waals surface area contributed by atoms with Crippen LogP contribution in [-0.4, -0.2) is 39.2 Å². The molecule has 0 spiro atoms. The number of nitrogens with zero attached hydrogens (tertiary/aromatic N) is 3.